The molecule has 2 aromatic heterocycles. The zero-order chi connectivity index (χ0) is 17.6. The number of methoxy groups -OCH3 is 1. The van der Waals surface area contributed by atoms with Crippen molar-refractivity contribution in [2.45, 2.75) is 32.2 Å². The van der Waals surface area contributed by atoms with Gasteiger partial charge in [-0.3, -0.25) is 0 Å². The van der Waals surface area contributed by atoms with Crippen LogP contribution < -0.4 is 10.1 Å². The average molecular weight is 380 g/mol. The highest BCUT2D eigenvalue weighted by molar-refractivity contribution is 5.85. The van der Waals surface area contributed by atoms with Gasteiger partial charge in [-0.25, -0.2) is 0 Å². The zero-order valence-corrected chi connectivity index (χ0v) is 15.7. The monoisotopic (exact) mass is 379 g/mol. The van der Waals surface area contributed by atoms with E-state index >= 15 is 0 Å². The maximum Gasteiger partial charge on any atom is 0.227 e. The molecule has 0 saturated heterocycles. The molecule has 0 bridgehead atoms. The minimum absolute atomic E-state index is 0. The van der Waals surface area contributed by atoms with Gasteiger partial charge in [0.1, 0.15) is 5.75 Å². The Kier molecular flexibility index (Phi) is 7.11. The highest BCUT2D eigenvalue weighted by Gasteiger charge is 2.13. The van der Waals surface area contributed by atoms with E-state index in [9.17, 15) is 0 Å². The van der Waals surface area contributed by atoms with Crippen LogP contribution in [0.4, 0.5) is 0 Å². The third kappa shape index (κ3) is 5.03. The largest absolute Gasteiger partial charge is 0.497 e. The molecule has 1 aromatic carbocycles. The number of nitrogens with zero attached hydrogens (tertiary/aromatic N) is 4. The Bertz CT molecular complexity index is 803. The van der Waals surface area contributed by atoms with Gasteiger partial charge in [-0.2, -0.15) is 9.97 Å². The van der Waals surface area contributed by atoms with E-state index in [1.807, 2.05) is 31.3 Å². The molecular weight excluding hydrogens is 358 g/mol. The number of halogens is 1. The number of aromatic nitrogens is 4. The summed E-state index contributed by atoms with van der Waals surface area (Å²) >= 11 is 0. The number of ether oxygens (including phenoxy) is 1. The second kappa shape index (κ2) is 9.30. The van der Waals surface area contributed by atoms with Crippen molar-refractivity contribution >= 4 is 12.4 Å². The van der Waals surface area contributed by atoms with E-state index in [0.717, 1.165) is 17.7 Å². The molecule has 3 rings (SSSR count). The molecule has 0 amide bonds. The van der Waals surface area contributed by atoms with Gasteiger partial charge < -0.3 is 19.1 Å². The lowest BCUT2D eigenvalue weighted by Gasteiger charge is -2.04. The van der Waals surface area contributed by atoms with E-state index in [1.165, 1.54) is 0 Å². The van der Waals surface area contributed by atoms with Crippen LogP contribution in [0.25, 0.3) is 11.4 Å². The summed E-state index contributed by atoms with van der Waals surface area (Å²) in [5.74, 6) is 3.14. The molecule has 3 aromatic rings. The average Bonchev–Trinajstić information content (AvgIpc) is 3.29. The molecule has 1 N–H and O–H groups in total. The molecule has 0 radical (unpaired) electrons. The quantitative estimate of drug-likeness (QED) is 0.637. The predicted molar refractivity (Wildman–Crippen MR) is 97.5 cm³/mol. The van der Waals surface area contributed by atoms with E-state index in [0.29, 0.717) is 42.3 Å². The van der Waals surface area contributed by atoms with Gasteiger partial charge in [0.2, 0.25) is 17.6 Å². The summed E-state index contributed by atoms with van der Waals surface area (Å²) in [6.45, 7) is 2.06. The number of hydrogen-bond donors (Lipinski definition) is 1. The molecule has 26 heavy (non-hydrogen) atoms. The maximum atomic E-state index is 5.29. The Morgan fingerprint density at radius 2 is 1.69 bits per heavy atom. The molecule has 0 saturated carbocycles. The van der Waals surface area contributed by atoms with Crippen molar-refractivity contribution in [1.29, 1.82) is 0 Å². The Morgan fingerprint density at radius 1 is 1.04 bits per heavy atom. The number of rotatable bonds is 8. The first-order chi connectivity index (χ1) is 12.2. The Hall–Kier alpha value is -2.45. The second-order valence-corrected chi connectivity index (χ2v) is 5.74. The van der Waals surface area contributed by atoms with Crippen LogP contribution in [0.5, 0.6) is 5.75 Å². The van der Waals surface area contributed by atoms with Crippen LogP contribution in [0.1, 0.15) is 24.5 Å². The number of likely N-dealkylation sites (N-methyl/N-ethyl adjacent to an activating group) is 1. The molecule has 1 atom stereocenters. The van der Waals surface area contributed by atoms with Crippen molar-refractivity contribution in [3.05, 3.63) is 41.9 Å². The third-order valence-corrected chi connectivity index (χ3v) is 3.86. The summed E-state index contributed by atoms with van der Waals surface area (Å²) in [7, 11) is 3.53. The highest BCUT2D eigenvalue weighted by atomic mass is 35.5. The van der Waals surface area contributed by atoms with Crippen molar-refractivity contribution in [1.82, 2.24) is 25.6 Å². The van der Waals surface area contributed by atoms with Gasteiger partial charge >= 0.3 is 0 Å². The summed E-state index contributed by atoms with van der Waals surface area (Å²) in [5.41, 5.74) is 0.872. The minimum Gasteiger partial charge on any atom is -0.497 e. The van der Waals surface area contributed by atoms with Gasteiger partial charge in [-0.05, 0) is 38.2 Å². The van der Waals surface area contributed by atoms with E-state index in [1.54, 1.807) is 7.11 Å². The van der Waals surface area contributed by atoms with Gasteiger partial charge in [-0.1, -0.05) is 10.3 Å². The van der Waals surface area contributed by atoms with Crippen LogP contribution in [-0.2, 0) is 19.3 Å². The molecule has 8 nitrogen and oxygen atoms in total. The fourth-order valence-corrected chi connectivity index (χ4v) is 2.28. The summed E-state index contributed by atoms with van der Waals surface area (Å²) in [4.78, 5) is 8.78. The number of aryl methyl sites for hydroxylation is 2. The van der Waals surface area contributed by atoms with Crippen LogP contribution in [0, 0.1) is 0 Å². The molecule has 2 heterocycles. The molecule has 0 aliphatic heterocycles. The Balaban J connectivity index is 0.00000243. The smallest absolute Gasteiger partial charge is 0.227 e. The first-order valence-corrected chi connectivity index (χ1v) is 8.13. The van der Waals surface area contributed by atoms with Gasteiger partial charge in [0.05, 0.1) is 7.11 Å². The van der Waals surface area contributed by atoms with Crippen molar-refractivity contribution in [3.63, 3.8) is 0 Å². The third-order valence-electron chi connectivity index (χ3n) is 3.86. The standard InChI is InChI=1S/C17H21N5O3.ClH/c1-11(18-2)10-14-19-15(24-21-14)8-9-16-20-17(22-25-16)12-4-6-13(23-3)7-5-12;/h4-7,11,18H,8-10H2,1-3H3;1H. The van der Waals surface area contributed by atoms with Crippen molar-refractivity contribution in [2.75, 3.05) is 14.2 Å². The van der Waals surface area contributed by atoms with Crippen LogP contribution >= 0.6 is 12.4 Å². The number of hydrogen-bond acceptors (Lipinski definition) is 8. The summed E-state index contributed by atoms with van der Waals surface area (Å²) in [5, 5.41) is 11.1. The fraction of sp³-hybridized carbons (Fsp3) is 0.412. The van der Waals surface area contributed by atoms with Crippen molar-refractivity contribution in [3.8, 4) is 17.1 Å². The molecular formula is C17H22ClN5O3. The van der Waals surface area contributed by atoms with Crippen LogP contribution in [0.3, 0.4) is 0 Å². The van der Waals surface area contributed by atoms with E-state index in [2.05, 4.69) is 32.5 Å². The maximum absolute atomic E-state index is 5.29. The highest BCUT2D eigenvalue weighted by Crippen LogP contribution is 2.20. The lowest BCUT2D eigenvalue weighted by atomic mass is 10.2. The van der Waals surface area contributed by atoms with Crippen LogP contribution in [0.15, 0.2) is 33.3 Å². The minimum atomic E-state index is 0. The van der Waals surface area contributed by atoms with E-state index in [-0.39, 0.29) is 12.4 Å². The summed E-state index contributed by atoms with van der Waals surface area (Å²) in [6.07, 6.45) is 1.83. The molecule has 0 aliphatic carbocycles. The second-order valence-electron chi connectivity index (χ2n) is 5.74. The number of nitrogens with one attached hydrogen (secondary N) is 1. The molecule has 0 fully saturated rings. The molecule has 1 unspecified atom stereocenters. The lowest BCUT2D eigenvalue weighted by Crippen LogP contribution is -2.24. The van der Waals surface area contributed by atoms with Gasteiger partial charge in [0.15, 0.2) is 5.82 Å². The zero-order valence-electron chi connectivity index (χ0n) is 14.9. The van der Waals surface area contributed by atoms with Crippen LogP contribution in [-0.4, -0.2) is 40.5 Å². The van der Waals surface area contributed by atoms with Crippen molar-refractivity contribution < 1.29 is 13.8 Å². The molecule has 0 spiro atoms. The number of benzene rings is 1. The fourth-order valence-electron chi connectivity index (χ4n) is 2.28. The van der Waals surface area contributed by atoms with Gasteiger partial charge in [0.25, 0.3) is 0 Å². The van der Waals surface area contributed by atoms with Gasteiger partial charge in [0, 0.05) is 30.9 Å². The SMILES string of the molecule is CNC(C)Cc1noc(CCc2nc(-c3ccc(OC)cc3)no2)n1.Cl. The molecule has 0 aliphatic rings. The Labute approximate surface area is 157 Å². The van der Waals surface area contributed by atoms with Crippen LogP contribution in [0.2, 0.25) is 0 Å². The van der Waals surface area contributed by atoms with E-state index < -0.39 is 0 Å². The summed E-state index contributed by atoms with van der Waals surface area (Å²) in [6, 6.07) is 7.80. The van der Waals surface area contributed by atoms with Crippen molar-refractivity contribution in [2.24, 2.45) is 0 Å². The predicted octanol–water partition coefficient (Wildman–Crippen LogP) is 2.49. The molecule has 140 valence electrons. The Morgan fingerprint density at radius 3 is 2.35 bits per heavy atom. The molecule has 9 heteroatoms. The lowest BCUT2D eigenvalue weighted by molar-refractivity contribution is 0.351. The first kappa shape index (κ1) is 19.9. The topological polar surface area (TPSA) is 99.1 Å². The van der Waals surface area contributed by atoms with E-state index in [4.69, 9.17) is 13.8 Å². The first-order valence-electron chi connectivity index (χ1n) is 8.13. The van der Waals surface area contributed by atoms with Gasteiger partial charge in [-0.15, -0.1) is 12.4 Å². The normalized spacial score (nSPS) is 11.8. The summed E-state index contributed by atoms with van der Waals surface area (Å²) < 4.78 is 15.7.